The van der Waals surface area contributed by atoms with Crippen LogP contribution >= 0.6 is 0 Å². The van der Waals surface area contributed by atoms with Gasteiger partial charge in [-0.25, -0.2) is 9.78 Å². The summed E-state index contributed by atoms with van der Waals surface area (Å²) in [6.45, 7) is 0.836. The molecule has 8 nitrogen and oxygen atoms in total. The number of aliphatic hydroxyl groups excluding tert-OH is 1. The third-order valence-electron chi connectivity index (χ3n) is 4.06. The van der Waals surface area contributed by atoms with Crippen LogP contribution in [0, 0.1) is 0 Å². The number of hydrogen-bond acceptors (Lipinski definition) is 5. The minimum Gasteiger partial charge on any atom is -0.473 e. The summed E-state index contributed by atoms with van der Waals surface area (Å²) in [6.07, 6.45) is -6.12. The van der Waals surface area contributed by atoms with E-state index in [0.29, 0.717) is 10.9 Å². The first kappa shape index (κ1) is 20.4. The van der Waals surface area contributed by atoms with Crippen molar-refractivity contribution in [1.29, 1.82) is 0 Å². The van der Waals surface area contributed by atoms with Crippen molar-refractivity contribution in [2.75, 3.05) is 11.9 Å². The summed E-state index contributed by atoms with van der Waals surface area (Å²) in [5.41, 5.74) is 1.32. The standard InChI is InChI=1S/C18H18F3N5O3/c1-10(11-5-3-2-4-6-11)23-17(28)24-15-7-13-12(8-22-15)16(26-25-13)29-9-14(27)18(19,20)21/h2-8,10,14,27H,9H2,1H3,(H,25,26)(H2,22,23,24,28)/t10-,14-/m1/s1. The number of carbonyl (C=O) groups excluding carboxylic acids is 1. The normalized spacial score (nSPS) is 13.7. The molecule has 2 atom stereocenters. The van der Waals surface area contributed by atoms with Crippen molar-refractivity contribution < 1.29 is 27.8 Å². The van der Waals surface area contributed by atoms with Crippen LogP contribution in [-0.2, 0) is 0 Å². The number of carbonyl (C=O) groups is 1. The zero-order chi connectivity index (χ0) is 21.0. The predicted octanol–water partition coefficient (Wildman–Crippen LogP) is 3.14. The van der Waals surface area contributed by atoms with Crippen molar-refractivity contribution in [3.8, 4) is 5.88 Å². The van der Waals surface area contributed by atoms with E-state index in [-0.39, 0.29) is 17.7 Å². The molecule has 2 aromatic heterocycles. The molecule has 29 heavy (non-hydrogen) atoms. The second kappa shape index (κ2) is 8.35. The molecule has 1 aromatic carbocycles. The van der Waals surface area contributed by atoms with Gasteiger partial charge in [-0.1, -0.05) is 30.3 Å². The molecular formula is C18H18F3N5O3. The smallest absolute Gasteiger partial charge is 0.417 e. The molecule has 154 valence electrons. The molecule has 0 radical (unpaired) electrons. The van der Waals surface area contributed by atoms with Crippen LogP contribution in [0.25, 0.3) is 10.9 Å². The molecule has 0 saturated carbocycles. The highest BCUT2D eigenvalue weighted by Crippen LogP contribution is 2.25. The van der Waals surface area contributed by atoms with Crippen LogP contribution < -0.4 is 15.4 Å². The van der Waals surface area contributed by atoms with Crippen molar-refractivity contribution >= 4 is 22.8 Å². The Kier molecular flexibility index (Phi) is 5.87. The Morgan fingerprint density at radius 1 is 1.31 bits per heavy atom. The van der Waals surface area contributed by atoms with E-state index in [2.05, 4.69) is 25.8 Å². The third-order valence-corrected chi connectivity index (χ3v) is 4.06. The molecule has 0 saturated heterocycles. The van der Waals surface area contributed by atoms with E-state index in [1.807, 2.05) is 37.3 Å². The lowest BCUT2D eigenvalue weighted by atomic mass is 10.1. The quantitative estimate of drug-likeness (QED) is 0.500. The number of aromatic nitrogens is 3. The average Bonchev–Trinajstić information content (AvgIpc) is 3.08. The Morgan fingerprint density at radius 3 is 2.72 bits per heavy atom. The van der Waals surface area contributed by atoms with E-state index in [4.69, 9.17) is 9.84 Å². The molecule has 0 fully saturated rings. The van der Waals surface area contributed by atoms with Crippen LogP contribution in [0.1, 0.15) is 18.5 Å². The summed E-state index contributed by atoms with van der Waals surface area (Å²) in [4.78, 5) is 16.2. The summed E-state index contributed by atoms with van der Waals surface area (Å²) < 4.78 is 42.0. The lowest BCUT2D eigenvalue weighted by Crippen LogP contribution is -2.34. The van der Waals surface area contributed by atoms with E-state index in [9.17, 15) is 18.0 Å². The van der Waals surface area contributed by atoms with Gasteiger partial charge in [-0.3, -0.25) is 10.4 Å². The predicted molar refractivity (Wildman–Crippen MR) is 98.5 cm³/mol. The van der Waals surface area contributed by atoms with Crippen molar-refractivity contribution in [2.24, 2.45) is 0 Å². The van der Waals surface area contributed by atoms with Crippen LogP contribution in [0.2, 0.25) is 0 Å². The molecule has 2 amide bonds. The molecule has 0 aliphatic carbocycles. The van der Waals surface area contributed by atoms with Gasteiger partial charge in [-0.05, 0) is 12.5 Å². The maximum Gasteiger partial charge on any atom is 0.417 e. The van der Waals surface area contributed by atoms with Crippen LogP contribution in [0.15, 0.2) is 42.6 Å². The number of alkyl halides is 3. The van der Waals surface area contributed by atoms with Gasteiger partial charge in [-0.15, -0.1) is 5.10 Å². The number of anilines is 1. The minimum absolute atomic E-state index is 0.135. The van der Waals surface area contributed by atoms with Gasteiger partial charge in [0, 0.05) is 12.3 Å². The Balaban J connectivity index is 1.62. The highest BCUT2D eigenvalue weighted by molar-refractivity contribution is 5.92. The van der Waals surface area contributed by atoms with Crippen LogP contribution in [0.4, 0.5) is 23.8 Å². The SMILES string of the molecule is C[C@@H](NC(=O)Nc1cc2[nH]nc(OC[C@@H](O)C(F)(F)F)c2cn1)c1ccccc1. The molecule has 3 aromatic rings. The number of benzene rings is 1. The first-order valence-electron chi connectivity index (χ1n) is 8.58. The zero-order valence-electron chi connectivity index (χ0n) is 15.2. The number of ether oxygens (including phenoxy) is 1. The Morgan fingerprint density at radius 2 is 2.03 bits per heavy atom. The van der Waals surface area contributed by atoms with Gasteiger partial charge in [0.25, 0.3) is 0 Å². The number of urea groups is 1. The highest BCUT2D eigenvalue weighted by atomic mass is 19.4. The topological polar surface area (TPSA) is 112 Å². The molecule has 0 aliphatic heterocycles. The maximum absolute atomic E-state index is 12.3. The highest BCUT2D eigenvalue weighted by Gasteiger charge is 2.39. The fraction of sp³-hybridized carbons (Fsp3) is 0.278. The number of hydrogen-bond donors (Lipinski definition) is 4. The Bertz CT molecular complexity index is 978. The van der Waals surface area contributed by atoms with E-state index in [0.717, 1.165) is 5.56 Å². The molecule has 2 heterocycles. The number of H-pyrrole nitrogens is 1. The number of nitrogens with zero attached hydrogens (tertiary/aromatic N) is 2. The van der Waals surface area contributed by atoms with Crippen molar-refractivity contribution in [2.45, 2.75) is 25.2 Å². The summed E-state index contributed by atoms with van der Waals surface area (Å²) in [5, 5.41) is 21.0. The lowest BCUT2D eigenvalue weighted by Gasteiger charge is -2.15. The zero-order valence-corrected chi connectivity index (χ0v) is 15.2. The largest absolute Gasteiger partial charge is 0.473 e. The summed E-state index contributed by atoms with van der Waals surface area (Å²) in [7, 11) is 0. The van der Waals surface area contributed by atoms with Crippen LogP contribution in [0.5, 0.6) is 5.88 Å². The molecule has 0 bridgehead atoms. The number of amides is 2. The number of aliphatic hydroxyl groups is 1. The lowest BCUT2D eigenvalue weighted by molar-refractivity contribution is -0.210. The number of nitrogens with one attached hydrogen (secondary N) is 3. The van der Waals surface area contributed by atoms with E-state index >= 15 is 0 Å². The fourth-order valence-corrected chi connectivity index (χ4v) is 2.49. The number of aromatic amines is 1. The molecule has 4 N–H and O–H groups in total. The average molecular weight is 409 g/mol. The Hall–Kier alpha value is -3.34. The van der Waals surface area contributed by atoms with Gasteiger partial charge in [0.2, 0.25) is 5.88 Å². The molecular weight excluding hydrogens is 391 g/mol. The van der Waals surface area contributed by atoms with E-state index < -0.39 is 24.9 Å². The van der Waals surface area contributed by atoms with Gasteiger partial charge in [0.05, 0.1) is 16.9 Å². The number of pyridine rings is 1. The van der Waals surface area contributed by atoms with Crippen LogP contribution in [-0.4, -0.2) is 45.2 Å². The van der Waals surface area contributed by atoms with Gasteiger partial charge < -0.3 is 15.2 Å². The molecule has 0 unspecified atom stereocenters. The van der Waals surface area contributed by atoms with E-state index in [1.165, 1.54) is 12.3 Å². The second-order valence-electron chi connectivity index (χ2n) is 6.24. The minimum atomic E-state index is -4.79. The number of fused-ring (bicyclic) bond motifs is 1. The summed E-state index contributed by atoms with van der Waals surface area (Å²) in [5.74, 6) is 0.0743. The molecule has 0 spiro atoms. The molecule has 0 aliphatic rings. The Labute approximate surface area is 163 Å². The van der Waals surface area contributed by atoms with Crippen molar-refractivity contribution in [3.05, 3.63) is 48.2 Å². The number of rotatable bonds is 6. The van der Waals surface area contributed by atoms with E-state index in [1.54, 1.807) is 0 Å². The second-order valence-corrected chi connectivity index (χ2v) is 6.24. The van der Waals surface area contributed by atoms with Gasteiger partial charge in [-0.2, -0.15) is 13.2 Å². The third kappa shape index (κ3) is 5.13. The van der Waals surface area contributed by atoms with Gasteiger partial charge in [0.15, 0.2) is 6.10 Å². The molecule has 3 rings (SSSR count). The fourth-order valence-electron chi connectivity index (χ4n) is 2.49. The summed E-state index contributed by atoms with van der Waals surface area (Å²) in [6, 6.07) is 10.1. The van der Waals surface area contributed by atoms with Crippen molar-refractivity contribution in [3.63, 3.8) is 0 Å². The first-order chi connectivity index (χ1) is 13.7. The van der Waals surface area contributed by atoms with Crippen molar-refractivity contribution in [1.82, 2.24) is 20.5 Å². The first-order valence-corrected chi connectivity index (χ1v) is 8.58. The summed E-state index contributed by atoms with van der Waals surface area (Å²) >= 11 is 0. The van der Waals surface area contributed by atoms with Gasteiger partial charge in [0.1, 0.15) is 12.4 Å². The monoisotopic (exact) mass is 409 g/mol. The molecule has 11 heteroatoms. The number of halogens is 3. The van der Waals surface area contributed by atoms with Crippen LogP contribution in [0.3, 0.4) is 0 Å². The van der Waals surface area contributed by atoms with Gasteiger partial charge >= 0.3 is 12.2 Å². The maximum atomic E-state index is 12.3.